The fourth-order valence-electron chi connectivity index (χ4n) is 3.88. The summed E-state index contributed by atoms with van der Waals surface area (Å²) in [5, 5.41) is 10.8. The number of ether oxygens (including phenoxy) is 2. The highest BCUT2D eigenvalue weighted by Gasteiger charge is 2.36. The van der Waals surface area contributed by atoms with Crippen LogP contribution in [-0.4, -0.2) is 48.5 Å². The molecule has 3 aliphatic rings. The van der Waals surface area contributed by atoms with E-state index < -0.39 is 6.10 Å². The molecule has 4 heteroatoms. The van der Waals surface area contributed by atoms with Crippen molar-refractivity contribution < 1.29 is 14.6 Å². The van der Waals surface area contributed by atoms with E-state index in [2.05, 4.69) is 11.0 Å². The second-order valence-electron chi connectivity index (χ2n) is 6.40. The van der Waals surface area contributed by atoms with E-state index in [0.717, 1.165) is 50.5 Å². The third kappa shape index (κ3) is 2.45. The van der Waals surface area contributed by atoms with Gasteiger partial charge >= 0.3 is 0 Å². The van der Waals surface area contributed by atoms with Gasteiger partial charge in [-0.05, 0) is 37.8 Å². The molecule has 0 spiro atoms. The number of para-hydroxylation sites is 1. The van der Waals surface area contributed by atoms with Crippen molar-refractivity contribution >= 4 is 0 Å². The van der Waals surface area contributed by atoms with Gasteiger partial charge in [0.25, 0.3) is 0 Å². The third-order valence-electron chi connectivity index (χ3n) is 5.05. The van der Waals surface area contributed by atoms with Gasteiger partial charge in [-0.3, -0.25) is 4.90 Å². The smallest absolute Gasteiger partial charge is 0.128 e. The molecule has 1 aromatic carbocycles. The molecule has 0 bridgehead atoms. The summed E-state index contributed by atoms with van der Waals surface area (Å²) in [6.45, 7) is 3.46. The highest BCUT2D eigenvalue weighted by Crippen LogP contribution is 2.36. The van der Waals surface area contributed by atoms with E-state index in [-0.39, 0.29) is 6.10 Å². The van der Waals surface area contributed by atoms with Crippen molar-refractivity contribution in [3.05, 3.63) is 29.3 Å². The normalized spacial score (nSPS) is 30.3. The Morgan fingerprint density at radius 3 is 3.19 bits per heavy atom. The van der Waals surface area contributed by atoms with E-state index in [4.69, 9.17) is 9.47 Å². The van der Waals surface area contributed by atoms with Crippen molar-refractivity contribution in [1.29, 1.82) is 0 Å². The van der Waals surface area contributed by atoms with Crippen molar-refractivity contribution in [3.8, 4) is 5.75 Å². The van der Waals surface area contributed by atoms with Crippen molar-refractivity contribution in [2.75, 3.05) is 26.3 Å². The molecule has 21 heavy (non-hydrogen) atoms. The van der Waals surface area contributed by atoms with Crippen LogP contribution in [0, 0.1) is 0 Å². The first-order valence-corrected chi connectivity index (χ1v) is 8.11. The Labute approximate surface area is 125 Å². The number of fused-ring (bicyclic) bond motifs is 2. The maximum atomic E-state index is 10.8. The Hall–Kier alpha value is -1.10. The van der Waals surface area contributed by atoms with Crippen LogP contribution >= 0.6 is 0 Å². The quantitative estimate of drug-likeness (QED) is 0.903. The molecule has 3 unspecified atom stereocenters. The number of hydrogen-bond acceptors (Lipinski definition) is 4. The molecule has 0 aromatic heterocycles. The first-order valence-electron chi connectivity index (χ1n) is 8.11. The lowest BCUT2D eigenvalue weighted by Crippen LogP contribution is -2.48. The molecule has 0 aliphatic carbocycles. The zero-order valence-corrected chi connectivity index (χ0v) is 12.3. The molecular weight excluding hydrogens is 266 g/mol. The molecule has 0 saturated carbocycles. The van der Waals surface area contributed by atoms with Crippen LogP contribution in [0.3, 0.4) is 0 Å². The maximum absolute atomic E-state index is 10.8. The Morgan fingerprint density at radius 1 is 1.29 bits per heavy atom. The lowest BCUT2D eigenvalue weighted by atomic mass is 9.96. The largest absolute Gasteiger partial charge is 0.493 e. The van der Waals surface area contributed by atoms with Crippen LogP contribution in [0.4, 0.5) is 0 Å². The van der Waals surface area contributed by atoms with Crippen LogP contribution < -0.4 is 4.74 Å². The maximum Gasteiger partial charge on any atom is 0.128 e. The number of nitrogens with zero attached hydrogens (tertiary/aromatic N) is 1. The minimum atomic E-state index is -0.598. The Morgan fingerprint density at radius 2 is 2.24 bits per heavy atom. The van der Waals surface area contributed by atoms with E-state index in [1.807, 2.05) is 12.1 Å². The molecule has 1 aromatic rings. The highest BCUT2D eigenvalue weighted by atomic mass is 16.5. The van der Waals surface area contributed by atoms with Gasteiger partial charge in [-0.1, -0.05) is 18.2 Å². The van der Waals surface area contributed by atoms with Gasteiger partial charge in [0.05, 0.1) is 13.2 Å². The van der Waals surface area contributed by atoms with Gasteiger partial charge in [0.2, 0.25) is 0 Å². The summed E-state index contributed by atoms with van der Waals surface area (Å²) < 4.78 is 11.8. The predicted octanol–water partition coefficient (Wildman–Crippen LogP) is 1.91. The molecule has 3 heterocycles. The zero-order chi connectivity index (χ0) is 14.2. The molecule has 4 nitrogen and oxygen atoms in total. The Kier molecular flexibility index (Phi) is 3.61. The number of hydrogen-bond donors (Lipinski definition) is 1. The fraction of sp³-hybridized carbons (Fsp3) is 0.647. The standard InChI is InChI=1S/C17H23NO3/c19-16(15-10-18-8-2-6-13(18)11-21-15)14-7-1-4-12-5-3-9-20-17(12)14/h1,4,7,13,15-16,19H,2-3,5-6,8-11H2. The van der Waals surface area contributed by atoms with E-state index in [1.54, 1.807) is 0 Å². The average molecular weight is 289 g/mol. The molecule has 0 radical (unpaired) electrons. The first kappa shape index (κ1) is 13.6. The molecule has 2 fully saturated rings. The molecule has 0 amide bonds. The van der Waals surface area contributed by atoms with E-state index in [0.29, 0.717) is 6.04 Å². The molecule has 4 rings (SSSR count). The lowest BCUT2D eigenvalue weighted by Gasteiger charge is -2.37. The summed E-state index contributed by atoms with van der Waals surface area (Å²) in [5.41, 5.74) is 2.11. The van der Waals surface area contributed by atoms with E-state index in [9.17, 15) is 5.11 Å². The second-order valence-corrected chi connectivity index (χ2v) is 6.40. The minimum absolute atomic E-state index is 0.142. The van der Waals surface area contributed by atoms with Crippen LogP contribution in [0.15, 0.2) is 18.2 Å². The van der Waals surface area contributed by atoms with Gasteiger partial charge in [0.15, 0.2) is 0 Å². The summed E-state index contributed by atoms with van der Waals surface area (Å²) in [7, 11) is 0. The number of morpholine rings is 1. The first-order chi connectivity index (χ1) is 10.3. The lowest BCUT2D eigenvalue weighted by molar-refractivity contribution is -0.104. The number of aliphatic hydroxyl groups is 1. The highest BCUT2D eigenvalue weighted by molar-refractivity contribution is 5.44. The molecule has 1 N–H and O–H groups in total. The number of benzene rings is 1. The van der Waals surface area contributed by atoms with Crippen molar-refractivity contribution in [2.24, 2.45) is 0 Å². The zero-order valence-electron chi connectivity index (χ0n) is 12.3. The van der Waals surface area contributed by atoms with Crippen molar-refractivity contribution in [2.45, 2.75) is 43.9 Å². The van der Waals surface area contributed by atoms with Gasteiger partial charge < -0.3 is 14.6 Å². The monoisotopic (exact) mass is 289 g/mol. The molecule has 114 valence electrons. The molecule has 2 saturated heterocycles. The summed E-state index contributed by atoms with van der Waals surface area (Å²) in [6.07, 6.45) is 3.83. The van der Waals surface area contributed by atoms with E-state index in [1.165, 1.54) is 18.4 Å². The van der Waals surface area contributed by atoms with Crippen LogP contribution in [0.2, 0.25) is 0 Å². The van der Waals surface area contributed by atoms with Gasteiger partial charge in [-0.2, -0.15) is 0 Å². The molecule has 3 atom stereocenters. The predicted molar refractivity (Wildman–Crippen MR) is 79.6 cm³/mol. The topological polar surface area (TPSA) is 41.9 Å². The minimum Gasteiger partial charge on any atom is -0.493 e. The van der Waals surface area contributed by atoms with Crippen LogP contribution in [0.5, 0.6) is 5.75 Å². The number of aliphatic hydroxyl groups excluding tert-OH is 1. The Bertz CT molecular complexity index is 519. The SMILES string of the molecule is OC(c1cccc2c1OCCC2)C1CN2CCCC2CO1. The second kappa shape index (κ2) is 5.59. The number of rotatable bonds is 2. The van der Waals surface area contributed by atoms with Gasteiger partial charge in [-0.25, -0.2) is 0 Å². The van der Waals surface area contributed by atoms with Gasteiger partial charge in [-0.15, -0.1) is 0 Å². The fourth-order valence-corrected chi connectivity index (χ4v) is 3.88. The van der Waals surface area contributed by atoms with Crippen molar-refractivity contribution in [1.82, 2.24) is 4.90 Å². The summed E-state index contributed by atoms with van der Waals surface area (Å²) in [6, 6.07) is 6.67. The van der Waals surface area contributed by atoms with Gasteiger partial charge in [0.1, 0.15) is 18.0 Å². The Balaban J connectivity index is 1.56. The summed E-state index contributed by atoms with van der Waals surface area (Å²) >= 11 is 0. The van der Waals surface area contributed by atoms with E-state index >= 15 is 0 Å². The van der Waals surface area contributed by atoms with Crippen LogP contribution in [-0.2, 0) is 11.2 Å². The van der Waals surface area contributed by atoms with Gasteiger partial charge in [0, 0.05) is 18.2 Å². The summed E-state index contributed by atoms with van der Waals surface area (Å²) in [5.74, 6) is 0.892. The summed E-state index contributed by atoms with van der Waals surface area (Å²) in [4.78, 5) is 2.47. The molecule has 3 aliphatic heterocycles. The van der Waals surface area contributed by atoms with Crippen LogP contribution in [0.25, 0.3) is 0 Å². The van der Waals surface area contributed by atoms with Crippen molar-refractivity contribution in [3.63, 3.8) is 0 Å². The molecular formula is C17H23NO3. The van der Waals surface area contributed by atoms with Crippen LogP contribution in [0.1, 0.15) is 36.5 Å². The number of aryl methyl sites for hydroxylation is 1. The third-order valence-corrected chi connectivity index (χ3v) is 5.05. The average Bonchev–Trinajstić information content (AvgIpc) is 3.01.